The largest absolute Gasteiger partial charge is 0.398 e. The molecule has 8 rings (SSSR count). The third kappa shape index (κ3) is 11.1. The zero-order chi connectivity index (χ0) is 47.4. The highest BCUT2D eigenvalue weighted by molar-refractivity contribution is 7.80. The summed E-state index contributed by atoms with van der Waals surface area (Å²) in [5.41, 5.74) is 9.67. The molecule has 2 aliphatic heterocycles. The molecule has 65 heavy (non-hydrogen) atoms. The lowest BCUT2D eigenvalue weighted by atomic mass is 9.89. The number of thiocarbonyl (C=S) groups is 1. The van der Waals surface area contributed by atoms with E-state index < -0.39 is 0 Å². The third-order valence-electron chi connectivity index (χ3n) is 10.5. The van der Waals surface area contributed by atoms with E-state index in [0.717, 1.165) is 38.0 Å². The second-order valence-electron chi connectivity index (χ2n) is 15.4. The number of hydrogen-bond acceptors (Lipinski definition) is 13. The summed E-state index contributed by atoms with van der Waals surface area (Å²) in [6.07, 6.45) is 0. The van der Waals surface area contributed by atoms with Crippen LogP contribution >= 0.6 is 12.2 Å². The number of nitrogens with zero attached hydrogens (tertiary/aromatic N) is 6. The minimum atomic E-state index is -0.279. The number of nitriles is 1. The fourth-order valence-electron chi connectivity index (χ4n) is 7.62. The molecule has 0 aliphatic carbocycles. The van der Waals surface area contributed by atoms with E-state index in [4.69, 9.17) is 28.0 Å². The van der Waals surface area contributed by atoms with Crippen molar-refractivity contribution in [3.05, 3.63) is 107 Å². The van der Waals surface area contributed by atoms with E-state index in [9.17, 15) is 19.2 Å². The van der Waals surface area contributed by atoms with E-state index in [1.165, 1.54) is 16.7 Å². The number of amides is 4. The van der Waals surface area contributed by atoms with Crippen molar-refractivity contribution in [2.75, 3.05) is 99.5 Å². The van der Waals surface area contributed by atoms with Crippen molar-refractivity contribution in [3.63, 3.8) is 0 Å². The summed E-state index contributed by atoms with van der Waals surface area (Å²) in [6.45, 7) is 4.73. The highest BCUT2D eigenvalue weighted by atomic mass is 32.1. The Morgan fingerprint density at radius 2 is 1.15 bits per heavy atom. The van der Waals surface area contributed by atoms with Crippen LogP contribution < -0.4 is 16.4 Å². The van der Waals surface area contributed by atoms with Gasteiger partial charge in [-0.1, -0.05) is 48.5 Å². The molecule has 6 aromatic rings. The molecule has 0 unspecified atom stereocenters. The number of fused-ring (bicyclic) bond motifs is 4. The lowest BCUT2D eigenvalue weighted by Gasteiger charge is -2.29. The highest BCUT2D eigenvalue weighted by Crippen LogP contribution is 2.40. The van der Waals surface area contributed by atoms with Crippen molar-refractivity contribution in [3.8, 4) is 6.07 Å². The van der Waals surface area contributed by atoms with E-state index in [-0.39, 0.29) is 23.6 Å². The van der Waals surface area contributed by atoms with Crippen LogP contribution in [0.5, 0.6) is 0 Å². The average molecular weight is 916 g/mol. The van der Waals surface area contributed by atoms with E-state index >= 15 is 0 Å². The number of likely N-dealkylation sites (N-methyl/N-ethyl adjacent to an activating group) is 2. The van der Waals surface area contributed by atoms with Gasteiger partial charge in [0.25, 0.3) is 23.6 Å². The quantitative estimate of drug-likeness (QED) is 0.0389. The lowest BCUT2D eigenvalue weighted by Crippen LogP contribution is -2.43. The standard InChI is InChI=1S/C24H26N4O3S.C20H19N3O2.C2H5NOS.C2H3N/c1-27(2)11-12-28-22(29)17-8-4-6-15-14-16-7-5-9-18(26-24(32)25-10-13-31-3)20(16)21(19(15)17)23(28)30;1-22(2)9-10-23-19(24)14-7-3-5-12-11-13-6-4-8-15(21)17(13)18(16(12)14)20(23)25;1-4-2-3-5;1-2-3/h4-9,14H,10-13H2,1-3H3,(H2,25,26,32);3-8,11H,9-10,21H2,1-2H3;2H2,1H3;1H3. The van der Waals surface area contributed by atoms with Gasteiger partial charge in [-0.25, -0.2) is 0 Å². The molecular weight excluding hydrogens is 863 g/mol. The summed E-state index contributed by atoms with van der Waals surface area (Å²) < 4.78 is 12.7. The molecule has 0 fully saturated rings. The summed E-state index contributed by atoms with van der Waals surface area (Å²) in [4.78, 5) is 59.6. The average Bonchev–Trinajstić information content (AvgIpc) is 3.27. The maximum atomic E-state index is 13.7. The number of carbonyl (C=O) groups excluding carboxylic acids is 4. The van der Waals surface area contributed by atoms with Crippen molar-refractivity contribution < 1.29 is 28.7 Å². The fraction of sp³-hybridized carbons (Fsp3) is 0.292. The van der Waals surface area contributed by atoms with Crippen LogP contribution in [0, 0.1) is 11.3 Å². The van der Waals surface area contributed by atoms with Gasteiger partial charge < -0.3 is 35.6 Å². The van der Waals surface area contributed by atoms with Crippen LogP contribution in [0.25, 0.3) is 43.1 Å². The highest BCUT2D eigenvalue weighted by Gasteiger charge is 2.36. The second-order valence-corrected chi connectivity index (χ2v) is 16.1. The Morgan fingerprint density at radius 1 is 0.708 bits per heavy atom. The molecular formula is C48H53N9O6S2. The molecule has 0 spiro atoms. The molecule has 17 heteroatoms. The van der Waals surface area contributed by atoms with Gasteiger partial charge in [0.15, 0.2) is 5.11 Å². The van der Waals surface area contributed by atoms with Crippen molar-refractivity contribution in [2.24, 2.45) is 4.36 Å². The maximum absolute atomic E-state index is 13.7. The predicted octanol–water partition coefficient (Wildman–Crippen LogP) is 6.67. The summed E-state index contributed by atoms with van der Waals surface area (Å²) in [6, 6.07) is 28.3. The predicted molar refractivity (Wildman–Crippen MR) is 264 cm³/mol. The SMILES string of the molecule is CC#N.CN(C)CCN1C(=O)c2cccc3cc4cccc(N)c4c(c23)C1=O.COCCNC(=S)Nc1cccc2cc3cccc4c3c(c12)C(=O)N(CCN(C)C)C4=O.COCN=S. The van der Waals surface area contributed by atoms with Crippen molar-refractivity contribution in [1.29, 1.82) is 5.26 Å². The number of nitrogen functional groups attached to an aromatic ring is 1. The summed E-state index contributed by atoms with van der Waals surface area (Å²) in [5.74, 6) is -1.03. The Labute approximate surface area is 389 Å². The van der Waals surface area contributed by atoms with Gasteiger partial charge in [-0.2, -0.15) is 9.62 Å². The molecule has 6 aromatic carbocycles. The van der Waals surface area contributed by atoms with E-state index in [2.05, 4.69) is 32.2 Å². The van der Waals surface area contributed by atoms with E-state index in [1.807, 2.05) is 105 Å². The van der Waals surface area contributed by atoms with Crippen LogP contribution in [0.1, 0.15) is 48.4 Å². The molecule has 4 N–H and O–H groups in total. The maximum Gasteiger partial charge on any atom is 0.262 e. The van der Waals surface area contributed by atoms with Gasteiger partial charge in [0, 0.05) is 110 Å². The first kappa shape index (κ1) is 49.5. The number of nitrogens with two attached hydrogens (primary N) is 1. The van der Waals surface area contributed by atoms with E-state index in [1.54, 1.807) is 38.5 Å². The van der Waals surface area contributed by atoms with E-state index in [0.29, 0.717) is 89.9 Å². The number of benzene rings is 6. The molecule has 0 atom stereocenters. The van der Waals surface area contributed by atoms with Gasteiger partial charge in [0.1, 0.15) is 6.73 Å². The topological polar surface area (TPSA) is 186 Å². The smallest absolute Gasteiger partial charge is 0.262 e. The van der Waals surface area contributed by atoms with Crippen molar-refractivity contribution in [2.45, 2.75) is 6.92 Å². The lowest BCUT2D eigenvalue weighted by molar-refractivity contribution is 0.0587. The van der Waals surface area contributed by atoms with Crippen molar-refractivity contribution in [1.82, 2.24) is 24.9 Å². The molecule has 0 bridgehead atoms. The number of anilines is 2. The van der Waals surface area contributed by atoms with Gasteiger partial charge >= 0.3 is 0 Å². The van der Waals surface area contributed by atoms with Gasteiger partial charge in [0.2, 0.25) is 0 Å². The van der Waals surface area contributed by atoms with Crippen molar-refractivity contribution >= 4 is 108 Å². The zero-order valence-electron chi connectivity index (χ0n) is 37.6. The van der Waals surface area contributed by atoms with Crippen LogP contribution in [0.4, 0.5) is 11.4 Å². The number of ether oxygens (including phenoxy) is 2. The summed E-state index contributed by atoms with van der Waals surface area (Å²) >= 11 is 9.59. The number of hydrogen-bond donors (Lipinski definition) is 3. The first-order valence-electron chi connectivity index (χ1n) is 20.6. The number of imide groups is 2. The number of rotatable bonds is 12. The van der Waals surface area contributed by atoms with Crippen LogP contribution in [0.15, 0.2) is 89.3 Å². The Morgan fingerprint density at radius 3 is 1.60 bits per heavy atom. The Kier molecular flexibility index (Phi) is 17.4. The number of carbonyl (C=O) groups is 4. The molecule has 2 heterocycles. The van der Waals surface area contributed by atoms with Crippen LogP contribution in [-0.4, -0.2) is 137 Å². The Hall–Kier alpha value is -6.52. The Bertz CT molecular complexity index is 2830. The molecule has 0 radical (unpaired) electrons. The van der Waals surface area contributed by atoms with Gasteiger partial charge in [-0.3, -0.25) is 29.0 Å². The van der Waals surface area contributed by atoms with Gasteiger partial charge in [0.05, 0.1) is 23.8 Å². The summed E-state index contributed by atoms with van der Waals surface area (Å²) in [7, 11) is 10.9. The minimum absolute atomic E-state index is 0.237. The summed E-state index contributed by atoms with van der Waals surface area (Å²) in [5, 5.41) is 20.6. The van der Waals surface area contributed by atoms with Gasteiger partial charge in [-0.05, 0) is 98.4 Å². The minimum Gasteiger partial charge on any atom is -0.398 e. The van der Waals surface area contributed by atoms with Crippen LogP contribution in [0.3, 0.4) is 0 Å². The molecule has 0 saturated heterocycles. The number of methoxy groups -OCH3 is 2. The van der Waals surface area contributed by atoms with Gasteiger partial charge in [-0.15, -0.1) is 0 Å². The zero-order valence-corrected chi connectivity index (χ0v) is 39.2. The first-order chi connectivity index (χ1) is 31.2. The first-order valence-corrected chi connectivity index (χ1v) is 21.4. The fourth-order valence-corrected chi connectivity index (χ4v) is 7.93. The molecule has 338 valence electrons. The molecule has 0 saturated carbocycles. The second kappa shape index (κ2) is 22.9. The van der Waals surface area contributed by atoms with Crippen LogP contribution in [-0.2, 0) is 21.9 Å². The normalized spacial score (nSPS) is 12.7. The molecule has 4 amide bonds. The molecule has 15 nitrogen and oxygen atoms in total. The molecule has 0 aromatic heterocycles. The van der Waals surface area contributed by atoms with Crippen LogP contribution in [0.2, 0.25) is 0 Å². The Balaban J connectivity index is 0.000000214. The molecule has 2 aliphatic rings. The monoisotopic (exact) mass is 915 g/mol. The third-order valence-corrected chi connectivity index (χ3v) is 10.8. The number of nitrogens with one attached hydrogen (secondary N) is 2.